The molecule has 214 valence electrons. The Labute approximate surface area is 234 Å². The topological polar surface area (TPSA) is 109 Å². The van der Waals surface area contributed by atoms with Crippen LogP contribution >= 0.6 is 11.3 Å². The second-order valence-electron chi connectivity index (χ2n) is 10.6. The van der Waals surface area contributed by atoms with Gasteiger partial charge in [-0.2, -0.15) is 13.2 Å². The van der Waals surface area contributed by atoms with Crippen molar-refractivity contribution in [1.82, 2.24) is 20.3 Å². The van der Waals surface area contributed by atoms with Crippen LogP contribution in [0.1, 0.15) is 61.2 Å². The number of thiazole rings is 1. The van der Waals surface area contributed by atoms with E-state index in [-0.39, 0.29) is 17.9 Å². The van der Waals surface area contributed by atoms with Crippen LogP contribution in [0.4, 0.5) is 24.8 Å². The number of amides is 1. The highest BCUT2D eigenvalue weighted by atomic mass is 32.1. The number of hydrogen-bond donors (Lipinski definition) is 3. The lowest BCUT2D eigenvalue weighted by Crippen LogP contribution is -2.42. The summed E-state index contributed by atoms with van der Waals surface area (Å²) >= 11 is 1.39. The van der Waals surface area contributed by atoms with Crippen molar-refractivity contribution in [2.45, 2.75) is 69.7 Å². The Hall–Kier alpha value is -3.09. The average Bonchev–Trinajstić information content (AvgIpc) is 3.42. The molecule has 0 bridgehead atoms. The van der Waals surface area contributed by atoms with Gasteiger partial charge in [0.1, 0.15) is 16.3 Å². The van der Waals surface area contributed by atoms with Gasteiger partial charge in [0.2, 0.25) is 11.9 Å². The van der Waals surface area contributed by atoms with Gasteiger partial charge in [-0.05, 0) is 80.7 Å². The molecule has 1 aliphatic carbocycles. The number of nitrogens with zero attached hydrogens (tertiary/aromatic N) is 3. The van der Waals surface area contributed by atoms with Gasteiger partial charge >= 0.3 is 6.18 Å². The molecule has 0 radical (unpaired) electrons. The third-order valence-electron chi connectivity index (χ3n) is 7.46. The zero-order valence-electron chi connectivity index (χ0n) is 22.1. The van der Waals surface area contributed by atoms with Crippen molar-refractivity contribution < 1.29 is 27.8 Å². The van der Waals surface area contributed by atoms with Crippen LogP contribution in [-0.2, 0) is 21.3 Å². The molecule has 2 fully saturated rings. The molecule has 5 rings (SSSR count). The van der Waals surface area contributed by atoms with E-state index in [0.717, 1.165) is 54.3 Å². The molecular weight excluding hydrogens is 543 g/mol. The van der Waals surface area contributed by atoms with Gasteiger partial charge in [-0.1, -0.05) is 6.07 Å². The molecule has 40 heavy (non-hydrogen) atoms. The van der Waals surface area contributed by atoms with Gasteiger partial charge < -0.3 is 20.5 Å². The highest BCUT2D eigenvalue weighted by Gasteiger charge is 2.38. The second-order valence-corrected chi connectivity index (χ2v) is 11.7. The number of carbonyl (C=O) groups excluding carboxylic acids is 1. The number of ether oxygens (including phenoxy) is 1. The van der Waals surface area contributed by atoms with Crippen LogP contribution in [-0.4, -0.2) is 45.2 Å². The number of aliphatic hydroxyl groups is 1. The molecule has 3 aromatic rings. The molecule has 1 aliphatic heterocycles. The fourth-order valence-corrected chi connectivity index (χ4v) is 6.33. The van der Waals surface area contributed by atoms with Crippen LogP contribution in [0.25, 0.3) is 10.4 Å². The molecule has 3 N–H and O–H groups in total. The number of rotatable bonds is 7. The summed E-state index contributed by atoms with van der Waals surface area (Å²) in [7, 11) is 0. The van der Waals surface area contributed by atoms with Gasteiger partial charge in [0.15, 0.2) is 0 Å². The minimum Gasteiger partial charge on any atom is -0.383 e. The van der Waals surface area contributed by atoms with Gasteiger partial charge in [0.25, 0.3) is 0 Å². The van der Waals surface area contributed by atoms with Gasteiger partial charge in [-0.3, -0.25) is 4.79 Å². The fourth-order valence-electron chi connectivity index (χ4n) is 5.28. The fraction of sp³-hybridized carbons (Fsp3) is 0.500. The van der Waals surface area contributed by atoms with Crippen molar-refractivity contribution >= 4 is 28.9 Å². The average molecular weight is 576 g/mol. The quantitative estimate of drug-likeness (QED) is 0.330. The summed E-state index contributed by atoms with van der Waals surface area (Å²) in [4.78, 5) is 25.4. The number of benzene rings is 1. The number of carbonyl (C=O) groups is 1. The van der Waals surface area contributed by atoms with Gasteiger partial charge in [-0.25, -0.2) is 15.0 Å². The number of hydrogen-bond acceptors (Lipinski definition) is 8. The lowest BCUT2D eigenvalue weighted by atomic mass is 9.82. The van der Waals surface area contributed by atoms with E-state index in [1.54, 1.807) is 18.3 Å². The molecule has 1 amide bonds. The minimum atomic E-state index is -4.56. The van der Waals surface area contributed by atoms with Crippen molar-refractivity contribution in [3.05, 3.63) is 52.9 Å². The summed E-state index contributed by atoms with van der Waals surface area (Å²) in [5.41, 5.74) is 0.155. The number of aromatic nitrogens is 3. The predicted molar refractivity (Wildman–Crippen MR) is 145 cm³/mol. The molecule has 0 spiro atoms. The Bertz CT molecular complexity index is 1330. The standard InChI is InChI=1S/C28H32F3N5O3S/c1-17-12-19(15-21(13-17)35-26-32-9-4-23(36-26)28(29,30)31)22-16-33-25(40-22)27(38)7-2-20(3-8-27)34-24(37)14-18-5-10-39-11-6-18/h4,9,12-13,15-16,18,20,38H,2-3,5-8,10-11,14H2,1H3,(H,34,37)(H,32,35,36)/t20-,27+. The highest BCUT2D eigenvalue weighted by Crippen LogP contribution is 2.41. The summed E-state index contributed by atoms with van der Waals surface area (Å²) in [6, 6.07) is 6.40. The molecule has 1 saturated carbocycles. The van der Waals surface area contributed by atoms with Crippen LogP contribution < -0.4 is 10.6 Å². The molecule has 12 heteroatoms. The van der Waals surface area contributed by atoms with Crippen molar-refractivity contribution in [3.8, 4) is 10.4 Å². The van der Waals surface area contributed by atoms with Crippen LogP contribution in [0, 0.1) is 12.8 Å². The van der Waals surface area contributed by atoms with Gasteiger partial charge in [-0.15, -0.1) is 11.3 Å². The summed E-state index contributed by atoms with van der Waals surface area (Å²) in [6.45, 7) is 3.32. The van der Waals surface area contributed by atoms with E-state index in [2.05, 4.69) is 25.6 Å². The van der Waals surface area contributed by atoms with E-state index in [9.17, 15) is 23.1 Å². The first kappa shape index (κ1) is 28.4. The Balaban J connectivity index is 1.22. The molecule has 1 aromatic carbocycles. The zero-order chi connectivity index (χ0) is 28.3. The van der Waals surface area contributed by atoms with E-state index in [1.165, 1.54) is 11.3 Å². The summed E-state index contributed by atoms with van der Waals surface area (Å²) in [5, 5.41) is 18.0. The van der Waals surface area contributed by atoms with E-state index < -0.39 is 17.5 Å². The Morgan fingerprint density at radius 3 is 2.62 bits per heavy atom. The Morgan fingerprint density at radius 1 is 1.15 bits per heavy atom. The first-order valence-corrected chi connectivity index (χ1v) is 14.2. The second kappa shape index (κ2) is 11.8. The third-order valence-corrected chi connectivity index (χ3v) is 8.70. The third kappa shape index (κ3) is 6.97. The molecule has 8 nitrogen and oxygen atoms in total. The maximum absolute atomic E-state index is 13.0. The molecular formula is C28H32F3N5O3S. The van der Waals surface area contributed by atoms with Gasteiger partial charge in [0, 0.05) is 43.8 Å². The SMILES string of the molecule is Cc1cc(Nc2nccc(C(F)(F)F)n2)cc(-c2cnc([C@]3(O)CC[C@@H](NC(=O)CC4CCOCC4)CC3)s2)c1. The number of halogens is 3. The molecule has 0 atom stereocenters. The van der Waals surface area contributed by atoms with Crippen molar-refractivity contribution in [1.29, 1.82) is 0 Å². The first-order valence-electron chi connectivity index (χ1n) is 13.4. The predicted octanol–water partition coefficient (Wildman–Crippen LogP) is 5.73. The zero-order valence-corrected chi connectivity index (χ0v) is 22.9. The molecule has 2 aliphatic rings. The first-order chi connectivity index (χ1) is 19.1. The number of aryl methyl sites for hydroxylation is 1. The normalized spacial score (nSPS) is 22.2. The van der Waals surface area contributed by atoms with E-state index >= 15 is 0 Å². The largest absolute Gasteiger partial charge is 0.433 e. The van der Waals surface area contributed by atoms with Crippen molar-refractivity contribution in [3.63, 3.8) is 0 Å². The van der Waals surface area contributed by atoms with Gasteiger partial charge in [0.05, 0.1) is 4.88 Å². The molecule has 1 saturated heterocycles. The number of nitrogens with one attached hydrogen (secondary N) is 2. The maximum atomic E-state index is 13.0. The van der Waals surface area contributed by atoms with Crippen LogP contribution in [0.3, 0.4) is 0 Å². The Morgan fingerprint density at radius 2 is 1.90 bits per heavy atom. The summed E-state index contributed by atoms with van der Waals surface area (Å²) in [6.07, 6.45) is 2.89. The van der Waals surface area contributed by atoms with E-state index in [0.29, 0.717) is 48.7 Å². The molecule has 3 heterocycles. The lowest BCUT2D eigenvalue weighted by Gasteiger charge is -2.35. The smallest absolute Gasteiger partial charge is 0.383 e. The minimum absolute atomic E-state index is 0.0375. The number of anilines is 2. The van der Waals surface area contributed by atoms with E-state index in [4.69, 9.17) is 4.74 Å². The maximum Gasteiger partial charge on any atom is 0.433 e. The van der Waals surface area contributed by atoms with E-state index in [1.807, 2.05) is 13.0 Å². The van der Waals surface area contributed by atoms with Crippen LogP contribution in [0.5, 0.6) is 0 Å². The lowest BCUT2D eigenvalue weighted by molar-refractivity contribution is -0.141. The van der Waals surface area contributed by atoms with Crippen LogP contribution in [0.2, 0.25) is 0 Å². The molecule has 2 aromatic heterocycles. The molecule has 0 unspecified atom stereocenters. The van der Waals surface area contributed by atoms with Crippen LogP contribution in [0.15, 0.2) is 36.7 Å². The van der Waals surface area contributed by atoms with Crippen molar-refractivity contribution in [2.24, 2.45) is 5.92 Å². The number of alkyl halides is 3. The monoisotopic (exact) mass is 575 g/mol. The van der Waals surface area contributed by atoms with Crippen molar-refractivity contribution in [2.75, 3.05) is 18.5 Å². The summed E-state index contributed by atoms with van der Waals surface area (Å²) in [5.74, 6) is 0.290. The Kier molecular flexibility index (Phi) is 8.39. The summed E-state index contributed by atoms with van der Waals surface area (Å²) < 4.78 is 44.5. The highest BCUT2D eigenvalue weighted by molar-refractivity contribution is 7.15.